The monoisotopic (exact) mass is 234 g/mol. The van der Waals surface area contributed by atoms with Crippen LogP contribution in [0.1, 0.15) is 31.0 Å². The standard InChI is InChI=1S/C13H15FN2O/c1-8-4-5-11(6-12(8)14)10(3)16-13(17)9(2)7-15/h4-6,9-10H,1-3H3,(H,16,17). The summed E-state index contributed by atoms with van der Waals surface area (Å²) < 4.78 is 13.3. The van der Waals surface area contributed by atoms with Gasteiger partial charge in [-0.2, -0.15) is 5.26 Å². The molecular weight excluding hydrogens is 219 g/mol. The Morgan fingerprint density at radius 3 is 2.65 bits per heavy atom. The lowest BCUT2D eigenvalue weighted by atomic mass is 10.1. The highest BCUT2D eigenvalue weighted by atomic mass is 19.1. The number of aryl methyl sites for hydroxylation is 1. The van der Waals surface area contributed by atoms with Crippen molar-refractivity contribution in [3.63, 3.8) is 0 Å². The minimum atomic E-state index is -0.701. The van der Waals surface area contributed by atoms with Crippen LogP contribution in [0.15, 0.2) is 18.2 Å². The molecule has 0 aliphatic carbocycles. The van der Waals surface area contributed by atoms with Gasteiger partial charge in [-0.15, -0.1) is 0 Å². The van der Waals surface area contributed by atoms with Crippen molar-refractivity contribution in [2.75, 3.05) is 0 Å². The van der Waals surface area contributed by atoms with E-state index in [4.69, 9.17) is 5.26 Å². The van der Waals surface area contributed by atoms with Crippen LogP contribution in [0, 0.1) is 30.0 Å². The summed E-state index contributed by atoms with van der Waals surface area (Å²) in [6, 6.07) is 6.38. The maximum absolute atomic E-state index is 13.3. The zero-order valence-corrected chi connectivity index (χ0v) is 10.1. The highest BCUT2D eigenvalue weighted by Gasteiger charge is 2.15. The number of rotatable bonds is 3. The second-order valence-electron chi connectivity index (χ2n) is 4.09. The maximum Gasteiger partial charge on any atom is 0.237 e. The van der Waals surface area contributed by atoms with Crippen LogP contribution >= 0.6 is 0 Å². The zero-order valence-electron chi connectivity index (χ0n) is 10.1. The smallest absolute Gasteiger partial charge is 0.237 e. The van der Waals surface area contributed by atoms with E-state index in [1.54, 1.807) is 26.0 Å². The predicted octanol–water partition coefficient (Wildman–Crippen LogP) is 2.47. The molecule has 90 valence electrons. The summed E-state index contributed by atoms with van der Waals surface area (Å²) in [4.78, 5) is 11.5. The third-order valence-corrected chi connectivity index (χ3v) is 2.64. The Kier molecular flexibility index (Phi) is 4.22. The third kappa shape index (κ3) is 3.28. The van der Waals surface area contributed by atoms with Crippen LogP contribution in [-0.2, 0) is 4.79 Å². The molecule has 1 aromatic rings. The molecule has 1 N–H and O–H groups in total. The maximum atomic E-state index is 13.3. The Balaban J connectivity index is 2.77. The lowest BCUT2D eigenvalue weighted by Crippen LogP contribution is -2.30. The largest absolute Gasteiger partial charge is 0.348 e. The summed E-state index contributed by atoms with van der Waals surface area (Å²) in [5.41, 5.74) is 1.25. The van der Waals surface area contributed by atoms with Gasteiger partial charge in [0.05, 0.1) is 12.1 Å². The van der Waals surface area contributed by atoms with Crippen molar-refractivity contribution in [2.24, 2.45) is 5.92 Å². The molecular formula is C13H15FN2O. The van der Waals surface area contributed by atoms with E-state index in [0.29, 0.717) is 11.1 Å². The average Bonchev–Trinajstić information content (AvgIpc) is 2.31. The van der Waals surface area contributed by atoms with Gasteiger partial charge in [0.1, 0.15) is 11.7 Å². The van der Waals surface area contributed by atoms with E-state index in [9.17, 15) is 9.18 Å². The fourth-order valence-electron chi connectivity index (χ4n) is 1.36. The van der Waals surface area contributed by atoms with Crippen LogP contribution < -0.4 is 5.32 Å². The van der Waals surface area contributed by atoms with E-state index in [0.717, 1.165) is 0 Å². The van der Waals surface area contributed by atoms with Gasteiger partial charge < -0.3 is 5.32 Å². The number of nitrogens with zero attached hydrogens (tertiary/aromatic N) is 1. The van der Waals surface area contributed by atoms with E-state index >= 15 is 0 Å². The van der Waals surface area contributed by atoms with Crippen LogP contribution in [-0.4, -0.2) is 5.91 Å². The van der Waals surface area contributed by atoms with Gasteiger partial charge in [0.15, 0.2) is 0 Å². The highest BCUT2D eigenvalue weighted by Crippen LogP contribution is 2.16. The minimum absolute atomic E-state index is 0.295. The average molecular weight is 234 g/mol. The Morgan fingerprint density at radius 1 is 1.47 bits per heavy atom. The molecule has 2 atom stereocenters. The Bertz CT molecular complexity index is 465. The summed E-state index contributed by atoms with van der Waals surface area (Å²) in [6.45, 7) is 4.96. The SMILES string of the molecule is Cc1ccc(C(C)NC(=O)C(C)C#N)cc1F. The summed E-state index contributed by atoms with van der Waals surface area (Å²) in [5, 5.41) is 11.3. The first-order valence-corrected chi connectivity index (χ1v) is 5.41. The molecule has 1 rings (SSSR count). The molecule has 2 unspecified atom stereocenters. The normalized spacial score (nSPS) is 13.6. The van der Waals surface area contributed by atoms with Gasteiger partial charge in [0.2, 0.25) is 5.91 Å². The molecule has 3 nitrogen and oxygen atoms in total. The fraction of sp³-hybridized carbons (Fsp3) is 0.385. The number of carbonyl (C=O) groups is 1. The molecule has 0 heterocycles. The van der Waals surface area contributed by atoms with Gasteiger partial charge in [-0.25, -0.2) is 4.39 Å². The molecule has 1 amide bonds. The molecule has 0 fully saturated rings. The van der Waals surface area contributed by atoms with Gasteiger partial charge in [0, 0.05) is 0 Å². The lowest BCUT2D eigenvalue weighted by molar-refractivity contribution is -0.123. The van der Waals surface area contributed by atoms with Crippen molar-refractivity contribution in [1.82, 2.24) is 5.32 Å². The molecule has 0 aromatic heterocycles. The number of hydrogen-bond donors (Lipinski definition) is 1. The van der Waals surface area contributed by atoms with E-state index in [2.05, 4.69) is 5.32 Å². The molecule has 0 spiro atoms. The van der Waals surface area contributed by atoms with Gasteiger partial charge in [-0.3, -0.25) is 4.79 Å². The molecule has 0 radical (unpaired) electrons. The number of nitrogens with one attached hydrogen (secondary N) is 1. The lowest BCUT2D eigenvalue weighted by Gasteiger charge is -2.15. The van der Waals surface area contributed by atoms with Crippen LogP contribution in [0.4, 0.5) is 4.39 Å². The topological polar surface area (TPSA) is 52.9 Å². The molecule has 0 saturated carbocycles. The van der Waals surface area contributed by atoms with E-state index in [1.165, 1.54) is 13.0 Å². The first-order valence-electron chi connectivity index (χ1n) is 5.41. The molecule has 17 heavy (non-hydrogen) atoms. The Morgan fingerprint density at radius 2 is 2.12 bits per heavy atom. The number of carbonyl (C=O) groups excluding carboxylic acids is 1. The van der Waals surface area contributed by atoms with Gasteiger partial charge in [-0.1, -0.05) is 12.1 Å². The number of benzene rings is 1. The number of nitriles is 1. The van der Waals surface area contributed by atoms with Crippen molar-refractivity contribution in [1.29, 1.82) is 5.26 Å². The molecule has 0 aliphatic rings. The summed E-state index contributed by atoms with van der Waals surface area (Å²) in [7, 11) is 0. The quantitative estimate of drug-likeness (QED) is 0.873. The van der Waals surface area contributed by atoms with Crippen LogP contribution in [0.2, 0.25) is 0 Å². The van der Waals surface area contributed by atoms with Crippen molar-refractivity contribution in [3.05, 3.63) is 35.1 Å². The first-order chi connectivity index (χ1) is 7.95. The highest BCUT2D eigenvalue weighted by molar-refractivity contribution is 5.81. The molecule has 0 saturated heterocycles. The van der Waals surface area contributed by atoms with Crippen LogP contribution in [0.5, 0.6) is 0 Å². The molecule has 0 aliphatic heterocycles. The van der Waals surface area contributed by atoms with Gasteiger partial charge >= 0.3 is 0 Å². The van der Waals surface area contributed by atoms with Crippen molar-refractivity contribution in [3.8, 4) is 6.07 Å². The van der Waals surface area contributed by atoms with E-state index in [1.807, 2.05) is 6.07 Å². The first kappa shape index (κ1) is 13.2. The second-order valence-corrected chi connectivity index (χ2v) is 4.09. The summed E-state index contributed by atoms with van der Waals surface area (Å²) >= 11 is 0. The predicted molar refractivity (Wildman–Crippen MR) is 62.5 cm³/mol. The van der Waals surface area contributed by atoms with Crippen LogP contribution in [0.3, 0.4) is 0 Å². The third-order valence-electron chi connectivity index (χ3n) is 2.64. The summed E-state index contributed by atoms with van der Waals surface area (Å²) in [5.74, 6) is -1.34. The minimum Gasteiger partial charge on any atom is -0.348 e. The Hall–Kier alpha value is -1.89. The van der Waals surface area contributed by atoms with Crippen LogP contribution in [0.25, 0.3) is 0 Å². The Labute approximate surface area is 100 Å². The summed E-state index contributed by atoms with van der Waals surface area (Å²) in [6.07, 6.45) is 0. The zero-order chi connectivity index (χ0) is 13.0. The number of amides is 1. The molecule has 4 heteroatoms. The van der Waals surface area contributed by atoms with Crippen molar-refractivity contribution >= 4 is 5.91 Å². The molecule has 1 aromatic carbocycles. The molecule has 0 bridgehead atoms. The second kappa shape index (κ2) is 5.44. The van der Waals surface area contributed by atoms with Gasteiger partial charge in [-0.05, 0) is 38.0 Å². The number of halogens is 1. The van der Waals surface area contributed by atoms with Gasteiger partial charge in [0.25, 0.3) is 0 Å². The van der Waals surface area contributed by atoms with E-state index in [-0.39, 0.29) is 17.8 Å². The van der Waals surface area contributed by atoms with E-state index < -0.39 is 5.92 Å². The van der Waals surface area contributed by atoms with Crippen molar-refractivity contribution in [2.45, 2.75) is 26.8 Å². The number of hydrogen-bond acceptors (Lipinski definition) is 2. The fourth-order valence-corrected chi connectivity index (χ4v) is 1.36. The van der Waals surface area contributed by atoms with Crippen molar-refractivity contribution < 1.29 is 9.18 Å².